The molecule has 6 heteroatoms. The maximum atomic E-state index is 13.1. The number of imidazole rings is 1. The van der Waals surface area contributed by atoms with E-state index in [0.29, 0.717) is 17.6 Å². The molecular weight excluding hydrogens is 454 g/mol. The number of carbonyl (C=O) groups is 2. The van der Waals surface area contributed by atoms with Crippen LogP contribution in [0.15, 0.2) is 83.3 Å². The topological polar surface area (TPSA) is 64.0 Å². The number of halogens is 1. The number of nitrogens with one attached hydrogen (secondary N) is 1. The molecule has 0 bridgehead atoms. The lowest BCUT2D eigenvalue weighted by Gasteiger charge is -2.10. The first-order valence-corrected chi connectivity index (χ1v) is 11.0. The lowest BCUT2D eigenvalue weighted by Crippen LogP contribution is -2.30. The third kappa shape index (κ3) is 5.09. The van der Waals surface area contributed by atoms with Gasteiger partial charge in [0.05, 0.1) is 11.0 Å². The van der Waals surface area contributed by atoms with Crippen molar-refractivity contribution in [2.24, 2.45) is 0 Å². The molecule has 1 amide bonds. The van der Waals surface area contributed by atoms with Crippen molar-refractivity contribution < 1.29 is 9.59 Å². The van der Waals surface area contributed by atoms with Gasteiger partial charge >= 0.3 is 0 Å². The minimum Gasteiger partial charge on any atom is -0.355 e. The standard InChI is InChI=1S/C25H22BrN3O2/c26-20-14-12-19(13-15-20)24(31)25-28-21-10-4-5-11-22(21)29(25)17-23(30)27-16-6-9-18-7-2-1-3-8-18/h1-5,7-8,10-15H,6,9,16-17H2,(H,27,30). The fraction of sp³-hybridized carbons (Fsp3) is 0.160. The fourth-order valence-electron chi connectivity index (χ4n) is 3.50. The number of benzene rings is 3. The zero-order valence-corrected chi connectivity index (χ0v) is 18.5. The van der Waals surface area contributed by atoms with Crippen LogP contribution in [0.4, 0.5) is 0 Å². The maximum Gasteiger partial charge on any atom is 0.240 e. The quantitative estimate of drug-likeness (QED) is 0.294. The van der Waals surface area contributed by atoms with E-state index in [-0.39, 0.29) is 24.1 Å². The van der Waals surface area contributed by atoms with Crippen LogP contribution < -0.4 is 5.32 Å². The van der Waals surface area contributed by atoms with Gasteiger partial charge in [0, 0.05) is 16.6 Å². The second-order valence-electron chi connectivity index (χ2n) is 7.29. The van der Waals surface area contributed by atoms with Gasteiger partial charge in [0.15, 0.2) is 5.82 Å². The van der Waals surface area contributed by atoms with E-state index in [1.165, 1.54) is 5.56 Å². The largest absolute Gasteiger partial charge is 0.355 e. The molecule has 5 nitrogen and oxygen atoms in total. The van der Waals surface area contributed by atoms with E-state index >= 15 is 0 Å². The van der Waals surface area contributed by atoms with Gasteiger partial charge < -0.3 is 9.88 Å². The normalized spacial score (nSPS) is 10.9. The smallest absolute Gasteiger partial charge is 0.240 e. The van der Waals surface area contributed by atoms with Crippen molar-refractivity contribution in [3.63, 3.8) is 0 Å². The summed E-state index contributed by atoms with van der Waals surface area (Å²) in [4.78, 5) is 30.3. The van der Waals surface area contributed by atoms with Crippen molar-refractivity contribution in [2.75, 3.05) is 6.54 Å². The van der Waals surface area contributed by atoms with Gasteiger partial charge in [-0.25, -0.2) is 4.98 Å². The van der Waals surface area contributed by atoms with Crippen molar-refractivity contribution >= 4 is 38.7 Å². The minimum absolute atomic E-state index is 0.0451. The van der Waals surface area contributed by atoms with Crippen LogP contribution in [0.3, 0.4) is 0 Å². The Balaban J connectivity index is 1.48. The van der Waals surface area contributed by atoms with Gasteiger partial charge in [-0.2, -0.15) is 0 Å². The third-order valence-electron chi connectivity index (χ3n) is 5.07. The van der Waals surface area contributed by atoms with Gasteiger partial charge in [0.1, 0.15) is 6.54 Å². The molecule has 0 atom stereocenters. The van der Waals surface area contributed by atoms with E-state index in [2.05, 4.69) is 38.4 Å². The molecule has 0 aliphatic carbocycles. The minimum atomic E-state index is -0.208. The number of aryl methyl sites for hydroxylation is 1. The highest BCUT2D eigenvalue weighted by atomic mass is 79.9. The average molecular weight is 476 g/mol. The zero-order valence-electron chi connectivity index (χ0n) is 16.9. The van der Waals surface area contributed by atoms with E-state index < -0.39 is 0 Å². The third-order valence-corrected chi connectivity index (χ3v) is 5.60. The molecule has 0 aliphatic heterocycles. The van der Waals surface area contributed by atoms with Crippen LogP contribution in [0.25, 0.3) is 11.0 Å². The summed E-state index contributed by atoms with van der Waals surface area (Å²) in [5, 5.41) is 2.96. The van der Waals surface area contributed by atoms with Gasteiger partial charge in [0.2, 0.25) is 11.7 Å². The van der Waals surface area contributed by atoms with Gasteiger partial charge in [-0.3, -0.25) is 9.59 Å². The number of hydrogen-bond acceptors (Lipinski definition) is 3. The summed E-state index contributed by atoms with van der Waals surface area (Å²) in [7, 11) is 0. The Labute approximate surface area is 189 Å². The van der Waals surface area contributed by atoms with Gasteiger partial charge in [0.25, 0.3) is 0 Å². The monoisotopic (exact) mass is 475 g/mol. The van der Waals surface area contributed by atoms with Crippen LogP contribution in [0, 0.1) is 0 Å². The first-order valence-electron chi connectivity index (χ1n) is 10.2. The Morgan fingerprint density at radius 2 is 1.61 bits per heavy atom. The molecule has 1 heterocycles. The van der Waals surface area contributed by atoms with Crippen LogP contribution in [0.2, 0.25) is 0 Å². The molecule has 4 aromatic rings. The highest BCUT2D eigenvalue weighted by Crippen LogP contribution is 2.20. The Morgan fingerprint density at radius 3 is 2.39 bits per heavy atom. The average Bonchev–Trinajstić information content (AvgIpc) is 3.16. The molecule has 156 valence electrons. The SMILES string of the molecule is O=C(Cn1c(C(=O)c2ccc(Br)cc2)nc2ccccc21)NCCCc1ccccc1. The van der Waals surface area contributed by atoms with E-state index in [1.807, 2.05) is 54.6 Å². The molecule has 31 heavy (non-hydrogen) atoms. The predicted molar refractivity (Wildman–Crippen MR) is 125 cm³/mol. The summed E-state index contributed by atoms with van der Waals surface area (Å²) in [5.74, 6) is -0.0791. The number of nitrogens with zero attached hydrogens (tertiary/aromatic N) is 2. The Kier molecular flexibility index (Phi) is 6.57. The first kappa shape index (κ1) is 21.0. The lowest BCUT2D eigenvalue weighted by molar-refractivity contribution is -0.121. The fourth-order valence-corrected chi connectivity index (χ4v) is 3.77. The number of fused-ring (bicyclic) bond motifs is 1. The number of hydrogen-bond donors (Lipinski definition) is 1. The molecule has 1 N–H and O–H groups in total. The van der Waals surface area contributed by atoms with E-state index in [1.54, 1.807) is 16.7 Å². The molecule has 0 saturated heterocycles. The molecule has 0 fully saturated rings. The van der Waals surface area contributed by atoms with Crippen LogP contribution >= 0.6 is 15.9 Å². The van der Waals surface area contributed by atoms with Crippen LogP contribution in [-0.4, -0.2) is 27.8 Å². The van der Waals surface area contributed by atoms with Crippen LogP contribution in [-0.2, 0) is 17.8 Å². The summed E-state index contributed by atoms with van der Waals surface area (Å²) in [6.45, 7) is 0.625. The predicted octanol–water partition coefficient (Wildman–Crippen LogP) is 4.78. The lowest BCUT2D eigenvalue weighted by atomic mass is 10.1. The van der Waals surface area contributed by atoms with E-state index in [9.17, 15) is 9.59 Å². The summed E-state index contributed by atoms with van der Waals surface area (Å²) >= 11 is 3.39. The number of para-hydroxylation sites is 2. The van der Waals surface area contributed by atoms with Crippen molar-refractivity contribution in [1.29, 1.82) is 0 Å². The summed E-state index contributed by atoms with van der Waals surface area (Å²) in [5.41, 5.74) is 3.24. The molecule has 1 aromatic heterocycles. The van der Waals surface area contributed by atoms with Crippen molar-refractivity contribution in [1.82, 2.24) is 14.9 Å². The maximum absolute atomic E-state index is 13.1. The number of amides is 1. The van der Waals surface area contributed by atoms with Crippen LogP contribution in [0.1, 0.15) is 28.2 Å². The van der Waals surface area contributed by atoms with Gasteiger partial charge in [-0.15, -0.1) is 0 Å². The molecule has 0 saturated carbocycles. The summed E-state index contributed by atoms with van der Waals surface area (Å²) in [6.07, 6.45) is 1.76. The number of carbonyl (C=O) groups excluding carboxylic acids is 2. The summed E-state index contributed by atoms with van der Waals surface area (Å²) in [6, 6.07) is 24.8. The van der Waals surface area contributed by atoms with Gasteiger partial charge in [-0.1, -0.05) is 58.4 Å². The molecule has 0 spiro atoms. The Bertz CT molecular complexity index is 1200. The van der Waals surface area contributed by atoms with Crippen molar-refractivity contribution in [2.45, 2.75) is 19.4 Å². The Morgan fingerprint density at radius 1 is 0.903 bits per heavy atom. The molecule has 0 aliphatic rings. The van der Waals surface area contributed by atoms with Crippen molar-refractivity contribution in [3.8, 4) is 0 Å². The van der Waals surface area contributed by atoms with Gasteiger partial charge in [-0.05, 0) is 54.8 Å². The number of aromatic nitrogens is 2. The zero-order chi connectivity index (χ0) is 21.6. The van der Waals surface area contributed by atoms with Crippen LogP contribution in [0.5, 0.6) is 0 Å². The van der Waals surface area contributed by atoms with Crippen molar-refractivity contribution in [3.05, 3.63) is 100 Å². The number of rotatable bonds is 8. The van der Waals surface area contributed by atoms with E-state index in [4.69, 9.17) is 0 Å². The molecule has 3 aromatic carbocycles. The second kappa shape index (κ2) is 9.71. The molecule has 0 unspecified atom stereocenters. The molecule has 0 radical (unpaired) electrons. The molecular formula is C25H22BrN3O2. The van der Waals surface area contributed by atoms with E-state index in [0.717, 1.165) is 22.8 Å². The summed E-state index contributed by atoms with van der Waals surface area (Å²) < 4.78 is 2.60. The highest BCUT2D eigenvalue weighted by Gasteiger charge is 2.20. The first-order chi connectivity index (χ1) is 15.1. The second-order valence-corrected chi connectivity index (χ2v) is 8.20. The highest BCUT2D eigenvalue weighted by molar-refractivity contribution is 9.10. The Hall–Kier alpha value is -3.25. The number of ketones is 1. The molecule has 4 rings (SSSR count).